The quantitative estimate of drug-likeness (QED) is 0.908. The highest BCUT2D eigenvalue weighted by Gasteiger charge is 2.16. The van der Waals surface area contributed by atoms with Gasteiger partial charge in [-0.2, -0.15) is 0 Å². The summed E-state index contributed by atoms with van der Waals surface area (Å²) >= 11 is 1.45. The van der Waals surface area contributed by atoms with Crippen LogP contribution in [0.2, 0.25) is 0 Å². The summed E-state index contributed by atoms with van der Waals surface area (Å²) in [4.78, 5) is 18.4. The minimum atomic E-state index is -0.00983. The minimum absolute atomic E-state index is 0.00983. The fourth-order valence-corrected chi connectivity index (χ4v) is 2.75. The SMILES string of the molecule is CCN(CC)C(=O)c1csc(Nc2ccc(C)c(C)c2)n1. The molecule has 0 aliphatic heterocycles. The van der Waals surface area contributed by atoms with Gasteiger partial charge in [-0.3, -0.25) is 4.79 Å². The molecule has 2 aromatic rings. The van der Waals surface area contributed by atoms with Crippen molar-refractivity contribution in [2.75, 3.05) is 18.4 Å². The van der Waals surface area contributed by atoms with Crippen LogP contribution in [0.15, 0.2) is 23.6 Å². The number of anilines is 2. The summed E-state index contributed by atoms with van der Waals surface area (Å²) in [5, 5.41) is 5.81. The maximum absolute atomic E-state index is 12.2. The Bertz CT molecular complexity index is 632. The molecule has 0 radical (unpaired) electrons. The molecule has 0 aliphatic carbocycles. The first-order chi connectivity index (χ1) is 10.0. The molecule has 1 N–H and O–H groups in total. The Hall–Kier alpha value is -1.88. The van der Waals surface area contributed by atoms with Crippen LogP contribution in [0.4, 0.5) is 10.8 Å². The first kappa shape index (κ1) is 15.5. The van der Waals surface area contributed by atoms with Gasteiger partial charge in [0.25, 0.3) is 5.91 Å². The van der Waals surface area contributed by atoms with E-state index in [4.69, 9.17) is 0 Å². The van der Waals surface area contributed by atoms with Gasteiger partial charge >= 0.3 is 0 Å². The molecule has 0 saturated heterocycles. The number of rotatable bonds is 5. The maximum atomic E-state index is 12.2. The summed E-state index contributed by atoms with van der Waals surface area (Å²) in [6.45, 7) is 9.52. The number of carbonyl (C=O) groups excluding carboxylic acids is 1. The lowest BCUT2D eigenvalue weighted by molar-refractivity contribution is 0.0768. The van der Waals surface area contributed by atoms with Gasteiger partial charge < -0.3 is 10.2 Å². The molecule has 0 unspecified atom stereocenters. The van der Waals surface area contributed by atoms with Crippen LogP contribution in [0.5, 0.6) is 0 Å². The zero-order chi connectivity index (χ0) is 15.4. The molecule has 0 saturated carbocycles. The van der Waals surface area contributed by atoms with Gasteiger partial charge in [0, 0.05) is 24.2 Å². The molecule has 5 heteroatoms. The van der Waals surface area contributed by atoms with E-state index in [1.54, 1.807) is 4.90 Å². The number of nitrogens with one attached hydrogen (secondary N) is 1. The Labute approximate surface area is 129 Å². The molecule has 21 heavy (non-hydrogen) atoms. The van der Waals surface area contributed by atoms with Gasteiger partial charge in [-0.05, 0) is 51.0 Å². The maximum Gasteiger partial charge on any atom is 0.273 e. The molecule has 1 heterocycles. The number of carbonyl (C=O) groups is 1. The van der Waals surface area contributed by atoms with Crippen LogP contribution in [-0.4, -0.2) is 28.9 Å². The van der Waals surface area contributed by atoms with Crippen molar-refractivity contribution in [2.45, 2.75) is 27.7 Å². The van der Waals surface area contributed by atoms with Crippen molar-refractivity contribution < 1.29 is 4.79 Å². The molecule has 1 aromatic carbocycles. The molecule has 4 nitrogen and oxygen atoms in total. The van der Waals surface area contributed by atoms with Crippen molar-refractivity contribution in [1.29, 1.82) is 0 Å². The number of hydrogen-bond acceptors (Lipinski definition) is 4. The van der Waals surface area contributed by atoms with Crippen molar-refractivity contribution in [3.05, 3.63) is 40.4 Å². The molecular weight excluding hydrogens is 282 g/mol. The van der Waals surface area contributed by atoms with E-state index in [2.05, 4.69) is 36.3 Å². The highest BCUT2D eigenvalue weighted by molar-refractivity contribution is 7.14. The number of benzene rings is 1. The third kappa shape index (κ3) is 3.61. The number of aryl methyl sites for hydroxylation is 2. The average Bonchev–Trinajstić information content (AvgIpc) is 2.92. The van der Waals surface area contributed by atoms with Gasteiger partial charge in [0.05, 0.1) is 0 Å². The zero-order valence-corrected chi connectivity index (χ0v) is 13.8. The van der Waals surface area contributed by atoms with Crippen molar-refractivity contribution in [1.82, 2.24) is 9.88 Å². The minimum Gasteiger partial charge on any atom is -0.338 e. The van der Waals surface area contributed by atoms with Gasteiger partial charge in [-0.15, -0.1) is 11.3 Å². The second kappa shape index (κ2) is 6.72. The second-order valence-electron chi connectivity index (χ2n) is 4.94. The second-order valence-corrected chi connectivity index (χ2v) is 5.80. The van der Waals surface area contributed by atoms with Crippen LogP contribution in [0.3, 0.4) is 0 Å². The number of hydrogen-bond donors (Lipinski definition) is 1. The molecule has 0 bridgehead atoms. The lowest BCUT2D eigenvalue weighted by Crippen LogP contribution is -2.30. The fourth-order valence-electron chi connectivity index (χ4n) is 2.04. The van der Waals surface area contributed by atoms with E-state index in [1.165, 1.54) is 22.5 Å². The molecule has 0 atom stereocenters. The van der Waals surface area contributed by atoms with Gasteiger partial charge in [0.15, 0.2) is 5.13 Å². The lowest BCUT2D eigenvalue weighted by atomic mass is 10.1. The van der Waals surface area contributed by atoms with E-state index in [-0.39, 0.29) is 5.91 Å². The van der Waals surface area contributed by atoms with Crippen LogP contribution in [0.25, 0.3) is 0 Å². The van der Waals surface area contributed by atoms with Crippen molar-refractivity contribution in [3.8, 4) is 0 Å². The first-order valence-corrected chi connectivity index (χ1v) is 8.02. The van der Waals surface area contributed by atoms with Gasteiger partial charge in [0.2, 0.25) is 0 Å². The lowest BCUT2D eigenvalue weighted by Gasteiger charge is -2.16. The summed E-state index contributed by atoms with van der Waals surface area (Å²) in [7, 11) is 0. The van der Waals surface area contributed by atoms with Crippen LogP contribution in [-0.2, 0) is 0 Å². The summed E-state index contributed by atoms with van der Waals surface area (Å²) in [5.74, 6) is -0.00983. The molecule has 0 spiro atoms. The topological polar surface area (TPSA) is 45.2 Å². The number of aromatic nitrogens is 1. The Morgan fingerprint density at radius 2 is 1.95 bits per heavy atom. The largest absolute Gasteiger partial charge is 0.338 e. The number of amides is 1. The standard InChI is InChI=1S/C16H21N3OS/c1-5-19(6-2)15(20)14-10-21-16(18-14)17-13-8-7-11(3)12(4)9-13/h7-10H,5-6H2,1-4H3,(H,17,18). The highest BCUT2D eigenvalue weighted by Crippen LogP contribution is 2.23. The van der Waals surface area contributed by atoms with E-state index >= 15 is 0 Å². The van der Waals surface area contributed by atoms with Crippen molar-refractivity contribution in [2.24, 2.45) is 0 Å². The molecular formula is C16H21N3OS. The summed E-state index contributed by atoms with van der Waals surface area (Å²) in [6, 6.07) is 6.19. The van der Waals surface area contributed by atoms with Gasteiger partial charge in [0.1, 0.15) is 5.69 Å². The molecule has 112 valence electrons. The van der Waals surface area contributed by atoms with E-state index < -0.39 is 0 Å². The Kier molecular flexibility index (Phi) is 4.96. The zero-order valence-electron chi connectivity index (χ0n) is 12.9. The van der Waals surface area contributed by atoms with Gasteiger partial charge in [-0.1, -0.05) is 6.07 Å². The summed E-state index contributed by atoms with van der Waals surface area (Å²) in [6.07, 6.45) is 0. The molecule has 1 aromatic heterocycles. The number of nitrogens with zero attached hydrogens (tertiary/aromatic N) is 2. The first-order valence-electron chi connectivity index (χ1n) is 7.14. The van der Waals surface area contributed by atoms with E-state index in [1.807, 2.05) is 25.3 Å². The molecule has 1 amide bonds. The predicted octanol–water partition coefficient (Wildman–Crippen LogP) is 3.99. The van der Waals surface area contributed by atoms with Crippen LogP contribution < -0.4 is 5.32 Å². The Balaban J connectivity index is 2.12. The Morgan fingerprint density at radius 1 is 1.24 bits per heavy atom. The smallest absolute Gasteiger partial charge is 0.273 e. The van der Waals surface area contributed by atoms with E-state index in [9.17, 15) is 4.79 Å². The van der Waals surface area contributed by atoms with Gasteiger partial charge in [-0.25, -0.2) is 4.98 Å². The highest BCUT2D eigenvalue weighted by atomic mass is 32.1. The monoisotopic (exact) mass is 303 g/mol. The summed E-state index contributed by atoms with van der Waals surface area (Å²) in [5.41, 5.74) is 4.00. The Morgan fingerprint density at radius 3 is 2.57 bits per heavy atom. The van der Waals surface area contributed by atoms with Crippen molar-refractivity contribution >= 4 is 28.1 Å². The van der Waals surface area contributed by atoms with E-state index in [0.29, 0.717) is 18.8 Å². The fraction of sp³-hybridized carbons (Fsp3) is 0.375. The van der Waals surface area contributed by atoms with Crippen LogP contribution >= 0.6 is 11.3 Å². The summed E-state index contributed by atoms with van der Waals surface area (Å²) < 4.78 is 0. The normalized spacial score (nSPS) is 10.5. The third-order valence-electron chi connectivity index (χ3n) is 3.53. The average molecular weight is 303 g/mol. The van der Waals surface area contributed by atoms with E-state index in [0.717, 1.165) is 10.8 Å². The van der Waals surface area contributed by atoms with Crippen LogP contribution in [0.1, 0.15) is 35.5 Å². The molecule has 2 rings (SSSR count). The number of thiazole rings is 1. The van der Waals surface area contributed by atoms with Crippen LogP contribution in [0, 0.1) is 13.8 Å². The predicted molar refractivity (Wildman–Crippen MR) is 88.6 cm³/mol. The van der Waals surface area contributed by atoms with Crippen molar-refractivity contribution in [3.63, 3.8) is 0 Å². The molecule has 0 aliphatic rings. The third-order valence-corrected chi connectivity index (χ3v) is 4.29. The molecule has 0 fully saturated rings.